The highest BCUT2D eigenvalue weighted by Crippen LogP contribution is 2.11. The van der Waals surface area contributed by atoms with Crippen molar-refractivity contribution in [3.05, 3.63) is 0 Å². The monoisotopic (exact) mass is 232 g/mol. The fourth-order valence-corrected chi connectivity index (χ4v) is 1.00. The first kappa shape index (κ1) is 11.8. The van der Waals surface area contributed by atoms with Crippen molar-refractivity contribution in [1.82, 2.24) is 15.0 Å². The molecule has 84 valence electrons. The third-order valence-electron chi connectivity index (χ3n) is 1.55. The third kappa shape index (κ3) is 3.75. The van der Waals surface area contributed by atoms with Crippen LogP contribution in [0.5, 0.6) is 12.0 Å². The molecule has 0 atom stereocenters. The summed E-state index contributed by atoms with van der Waals surface area (Å²) in [5, 5.41) is 2.99. The van der Waals surface area contributed by atoms with Gasteiger partial charge in [0.25, 0.3) is 0 Å². The molecule has 1 N–H and O–H groups in total. The smallest absolute Gasteiger partial charge is 0.324 e. The minimum absolute atomic E-state index is 0.218. The van der Waals surface area contributed by atoms with Crippen LogP contribution in [0.1, 0.15) is 6.42 Å². The Kier molecular flexibility index (Phi) is 4.89. The normalized spacial score (nSPS) is 9.80. The number of halogens is 1. The van der Waals surface area contributed by atoms with E-state index in [9.17, 15) is 0 Å². The zero-order valence-electron chi connectivity index (χ0n) is 8.66. The minimum Gasteiger partial charge on any atom is -0.467 e. The lowest BCUT2D eigenvalue weighted by atomic mass is 10.5. The van der Waals surface area contributed by atoms with Gasteiger partial charge in [-0.05, 0) is 6.42 Å². The first-order valence-corrected chi connectivity index (χ1v) is 4.97. The van der Waals surface area contributed by atoms with Gasteiger partial charge in [-0.3, -0.25) is 0 Å². The molecule has 0 aliphatic carbocycles. The summed E-state index contributed by atoms with van der Waals surface area (Å²) in [6.45, 7) is 0.694. The van der Waals surface area contributed by atoms with Crippen LogP contribution < -0.4 is 14.8 Å². The predicted octanol–water partition coefficient (Wildman–Crippen LogP) is 0.930. The number of aromatic nitrogens is 3. The summed E-state index contributed by atoms with van der Waals surface area (Å²) < 4.78 is 9.79. The molecule has 0 aliphatic heterocycles. The average Bonchev–Trinajstić information content (AvgIpc) is 2.29. The summed E-state index contributed by atoms with van der Waals surface area (Å²) in [6, 6.07) is 0.436. The largest absolute Gasteiger partial charge is 0.467 e. The Morgan fingerprint density at radius 2 is 1.73 bits per heavy atom. The zero-order valence-corrected chi connectivity index (χ0v) is 9.41. The van der Waals surface area contributed by atoms with Gasteiger partial charge in [0.05, 0.1) is 14.2 Å². The maximum Gasteiger partial charge on any atom is 0.324 e. The fraction of sp³-hybridized carbons (Fsp3) is 0.625. The summed E-state index contributed by atoms with van der Waals surface area (Å²) in [6.07, 6.45) is 0.831. The Morgan fingerprint density at radius 1 is 1.13 bits per heavy atom. The SMILES string of the molecule is COc1nc(NCCCCl)nc(OC)n1. The van der Waals surface area contributed by atoms with Crippen LogP contribution in [0.4, 0.5) is 5.95 Å². The summed E-state index contributed by atoms with van der Waals surface area (Å²) in [7, 11) is 2.97. The number of nitrogens with zero attached hydrogens (tertiary/aromatic N) is 3. The van der Waals surface area contributed by atoms with Gasteiger partial charge in [-0.25, -0.2) is 0 Å². The number of ether oxygens (including phenoxy) is 2. The number of nitrogens with one attached hydrogen (secondary N) is 1. The summed E-state index contributed by atoms with van der Waals surface area (Å²) >= 11 is 5.54. The van der Waals surface area contributed by atoms with E-state index in [1.165, 1.54) is 14.2 Å². The first-order valence-electron chi connectivity index (χ1n) is 4.44. The molecule has 6 nitrogen and oxygen atoms in total. The molecule has 0 aliphatic rings. The molecule has 0 radical (unpaired) electrons. The molecule has 1 aromatic heterocycles. The van der Waals surface area contributed by atoms with Gasteiger partial charge < -0.3 is 14.8 Å². The maximum atomic E-state index is 5.54. The molecule has 0 saturated heterocycles. The van der Waals surface area contributed by atoms with E-state index in [2.05, 4.69) is 20.3 Å². The van der Waals surface area contributed by atoms with Gasteiger partial charge in [0.2, 0.25) is 5.95 Å². The van der Waals surface area contributed by atoms with Gasteiger partial charge in [0.15, 0.2) is 0 Å². The van der Waals surface area contributed by atoms with Crippen molar-refractivity contribution >= 4 is 17.5 Å². The van der Waals surface area contributed by atoms with E-state index >= 15 is 0 Å². The maximum absolute atomic E-state index is 5.54. The molecule has 0 unspecified atom stereocenters. The molecule has 1 heterocycles. The lowest BCUT2D eigenvalue weighted by molar-refractivity contribution is 0.341. The van der Waals surface area contributed by atoms with Crippen molar-refractivity contribution in [2.24, 2.45) is 0 Å². The second kappa shape index (κ2) is 6.23. The standard InChI is InChI=1S/C8H13ClN4O2/c1-14-7-11-6(10-5-3-4-9)12-8(13-7)15-2/h3-5H2,1-2H3,(H,10,11,12,13). The van der Waals surface area contributed by atoms with Crippen molar-refractivity contribution in [1.29, 1.82) is 0 Å². The van der Waals surface area contributed by atoms with Crippen LogP contribution in [0.3, 0.4) is 0 Å². The van der Waals surface area contributed by atoms with Gasteiger partial charge in [-0.15, -0.1) is 16.6 Å². The Balaban J connectivity index is 2.68. The predicted molar refractivity (Wildman–Crippen MR) is 56.8 cm³/mol. The van der Waals surface area contributed by atoms with Crippen LogP contribution >= 0.6 is 11.6 Å². The molecule has 0 amide bonds. The Morgan fingerprint density at radius 3 is 2.20 bits per heavy atom. The van der Waals surface area contributed by atoms with E-state index in [0.717, 1.165) is 6.42 Å². The quantitative estimate of drug-likeness (QED) is 0.581. The van der Waals surface area contributed by atoms with Crippen LogP contribution in [0.25, 0.3) is 0 Å². The Hall–Kier alpha value is -1.30. The molecule has 0 saturated carbocycles. The van der Waals surface area contributed by atoms with Crippen molar-refractivity contribution in [3.63, 3.8) is 0 Å². The Labute approximate surface area is 93.0 Å². The van der Waals surface area contributed by atoms with Gasteiger partial charge in [0, 0.05) is 12.4 Å². The van der Waals surface area contributed by atoms with Gasteiger partial charge in [-0.1, -0.05) is 0 Å². The number of rotatable bonds is 6. The minimum atomic E-state index is 0.218. The second-order valence-electron chi connectivity index (χ2n) is 2.60. The van der Waals surface area contributed by atoms with E-state index in [1.54, 1.807) is 0 Å². The highest BCUT2D eigenvalue weighted by Gasteiger charge is 2.05. The third-order valence-corrected chi connectivity index (χ3v) is 1.82. The van der Waals surface area contributed by atoms with Crippen molar-refractivity contribution < 1.29 is 9.47 Å². The molecular formula is C8H13ClN4O2. The van der Waals surface area contributed by atoms with Gasteiger partial charge >= 0.3 is 12.0 Å². The lowest BCUT2D eigenvalue weighted by Gasteiger charge is -2.06. The van der Waals surface area contributed by atoms with E-state index in [-0.39, 0.29) is 12.0 Å². The van der Waals surface area contributed by atoms with Crippen molar-refractivity contribution in [3.8, 4) is 12.0 Å². The molecule has 15 heavy (non-hydrogen) atoms. The second-order valence-corrected chi connectivity index (χ2v) is 2.98. The van der Waals surface area contributed by atoms with Crippen LogP contribution in [-0.4, -0.2) is 41.6 Å². The van der Waals surface area contributed by atoms with E-state index in [4.69, 9.17) is 21.1 Å². The highest BCUT2D eigenvalue weighted by atomic mass is 35.5. The van der Waals surface area contributed by atoms with Crippen LogP contribution in [-0.2, 0) is 0 Å². The van der Waals surface area contributed by atoms with E-state index in [0.29, 0.717) is 18.4 Å². The lowest BCUT2D eigenvalue weighted by Crippen LogP contribution is -2.08. The molecular weight excluding hydrogens is 220 g/mol. The summed E-state index contributed by atoms with van der Waals surface area (Å²) in [4.78, 5) is 11.9. The number of anilines is 1. The molecule has 0 aromatic carbocycles. The molecule has 0 fully saturated rings. The van der Waals surface area contributed by atoms with E-state index < -0.39 is 0 Å². The molecule has 0 bridgehead atoms. The first-order chi connectivity index (χ1) is 7.30. The van der Waals surface area contributed by atoms with Crippen LogP contribution in [0.2, 0.25) is 0 Å². The zero-order chi connectivity index (χ0) is 11.1. The fourth-order valence-electron chi connectivity index (χ4n) is 0.867. The Bertz CT molecular complexity index is 288. The molecule has 1 rings (SSSR count). The van der Waals surface area contributed by atoms with Crippen molar-refractivity contribution in [2.45, 2.75) is 6.42 Å². The highest BCUT2D eigenvalue weighted by molar-refractivity contribution is 6.17. The van der Waals surface area contributed by atoms with E-state index in [1.807, 2.05) is 0 Å². The molecule has 0 spiro atoms. The summed E-state index contributed by atoms with van der Waals surface area (Å²) in [5.41, 5.74) is 0. The van der Waals surface area contributed by atoms with Crippen LogP contribution in [0.15, 0.2) is 0 Å². The number of methoxy groups -OCH3 is 2. The number of alkyl halides is 1. The average molecular weight is 233 g/mol. The topological polar surface area (TPSA) is 69.2 Å². The van der Waals surface area contributed by atoms with Gasteiger partial charge in [-0.2, -0.15) is 9.97 Å². The van der Waals surface area contributed by atoms with Crippen molar-refractivity contribution in [2.75, 3.05) is 32.0 Å². The van der Waals surface area contributed by atoms with Gasteiger partial charge in [0.1, 0.15) is 0 Å². The van der Waals surface area contributed by atoms with Crippen LogP contribution in [0, 0.1) is 0 Å². The number of hydrogen-bond donors (Lipinski definition) is 1. The molecule has 1 aromatic rings. The number of hydrogen-bond acceptors (Lipinski definition) is 6. The summed E-state index contributed by atoms with van der Waals surface area (Å²) in [5.74, 6) is 1.01. The molecule has 7 heteroatoms.